The van der Waals surface area contributed by atoms with E-state index in [9.17, 15) is 0 Å². The van der Waals surface area contributed by atoms with Crippen LogP contribution in [0.2, 0.25) is 0 Å². The molecule has 0 fully saturated rings. The second kappa shape index (κ2) is 5.69. The van der Waals surface area contributed by atoms with Gasteiger partial charge in [0.25, 0.3) is 0 Å². The Balaban J connectivity index is 3.27. The maximum atomic E-state index is 5.02. The minimum atomic E-state index is 0.648. The smallest absolute Gasteiger partial charge is 0.0500 e. The highest BCUT2D eigenvalue weighted by Crippen LogP contribution is 1.96. The number of methoxy groups -OCH3 is 1. The molecule has 0 heterocycles. The fourth-order valence-corrected chi connectivity index (χ4v) is 0.998. The van der Waals surface area contributed by atoms with Crippen molar-refractivity contribution in [2.24, 2.45) is 5.92 Å². The molecule has 0 aromatic heterocycles. The molecule has 0 amide bonds. The Morgan fingerprint density at radius 3 is 2.50 bits per heavy atom. The van der Waals surface area contributed by atoms with Gasteiger partial charge in [0.15, 0.2) is 0 Å². The van der Waals surface area contributed by atoms with Crippen LogP contribution >= 0.6 is 0 Å². The van der Waals surface area contributed by atoms with E-state index in [4.69, 9.17) is 4.74 Å². The second-order valence-corrected chi connectivity index (χ2v) is 2.92. The second-order valence-electron chi connectivity index (χ2n) is 2.92. The molecule has 0 N–H and O–H groups in total. The molecular weight excluding hydrogens is 126 g/mol. The summed E-state index contributed by atoms with van der Waals surface area (Å²) in [5.74, 6) is 0.648. The molecule has 2 heteroatoms. The van der Waals surface area contributed by atoms with Crippen molar-refractivity contribution in [1.82, 2.24) is 4.90 Å². The molecule has 0 aliphatic carbocycles. The van der Waals surface area contributed by atoms with Crippen LogP contribution in [0.25, 0.3) is 0 Å². The lowest BCUT2D eigenvalue weighted by atomic mass is 10.2. The van der Waals surface area contributed by atoms with Crippen LogP contribution in [0.4, 0.5) is 0 Å². The van der Waals surface area contributed by atoms with Crippen LogP contribution in [0.1, 0.15) is 13.8 Å². The van der Waals surface area contributed by atoms with Crippen molar-refractivity contribution < 1.29 is 4.74 Å². The van der Waals surface area contributed by atoms with E-state index in [0.717, 1.165) is 19.7 Å². The van der Waals surface area contributed by atoms with Gasteiger partial charge in [-0.3, -0.25) is 0 Å². The molecule has 0 aromatic rings. The summed E-state index contributed by atoms with van der Waals surface area (Å²) in [5, 5.41) is 0. The Kier molecular flexibility index (Phi) is 5.64. The summed E-state index contributed by atoms with van der Waals surface area (Å²) in [5.41, 5.74) is 0. The summed E-state index contributed by atoms with van der Waals surface area (Å²) in [4.78, 5) is 2.30. The van der Waals surface area contributed by atoms with Gasteiger partial charge in [0, 0.05) is 20.3 Å². The highest BCUT2D eigenvalue weighted by atomic mass is 16.5. The van der Waals surface area contributed by atoms with Gasteiger partial charge in [0.2, 0.25) is 0 Å². The molecule has 0 aliphatic heterocycles. The number of nitrogens with zero attached hydrogens (tertiary/aromatic N) is 1. The summed E-state index contributed by atoms with van der Waals surface area (Å²) in [7, 11) is 3.88. The molecule has 0 saturated carbocycles. The van der Waals surface area contributed by atoms with Gasteiger partial charge in [0.1, 0.15) is 0 Å². The number of hydrogen-bond acceptors (Lipinski definition) is 2. The van der Waals surface area contributed by atoms with E-state index in [0.29, 0.717) is 5.92 Å². The summed E-state index contributed by atoms with van der Waals surface area (Å²) in [6.07, 6.45) is 0. The van der Waals surface area contributed by atoms with Crippen LogP contribution < -0.4 is 0 Å². The first kappa shape index (κ1) is 9.92. The van der Waals surface area contributed by atoms with Crippen LogP contribution in [0, 0.1) is 5.92 Å². The standard InChI is InChI=1S/C8H19NO/c1-5-9(3)6-8(2)7-10-4/h8H,5-7H2,1-4H3. The number of rotatable bonds is 5. The van der Waals surface area contributed by atoms with E-state index in [-0.39, 0.29) is 0 Å². The monoisotopic (exact) mass is 145 g/mol. The highest BCUT2D eigenvalue weighted by Gasteiger charge is 2.02. The summed E-state index contributed by atoms with van der Waals surface area (Å²) in [6.45, 7) is 7.48. The normalized spacial score (nSPS) is 14.1. The first-order valence-electron chi connectivity index (χ1n) is 3.88. The fourth-order valence-electron chi connectivity index (χ4n) is 0.998. The predicted octanol–water partition coefficient (Wildman–Crippen LogP) is 1.22. The van der Waals surface area contributed by atoms with Crippen molar-refractivity contribution in [2.75, 3.05) is 33.9 Å². The number of hydrogen-bond donors (Lipinski definition) is 0. The average Bonchev–Trinajstić information content (AvgIpc) is 1.88. The molecule has 0 saturated heterocycles. The molecule has 1 atom stereocenters. The Morgan fingerprint density at radius 1 is 1.50 bits per heavy atom. The summed E-state index contributed by atoms with van der Waals surface area (Å²) < 4.78 is 5.02. The van der Waals surface area contributed by atoms with Crippen molar-refractivity contribution >= 4 is 0 Å². The third-order valence-electron chi connectivity index (χ3n) is 1.61. The largest absolute Gasteiger partial charge is 0.384 e. The molecule has 0 bridgehead atoms. The Morgan fingerprint density at radius 2 is 2.10 bits per heavy atom. The van der Waals surface area contributed by atoms with Crippen molar-refractivity contribution in [3.05, 3.63) is 0 Å². The zero-order valence-electron chi connectivity index (χ0n) is 7.55. The van der Waals surface area contributed by atoms with E-state index in [1.165, 1.54) is 0 Å². The van der Waals surface area contributed by atoms with Crippen LogP contribution in [-0.2, 0) is 4.74 Å². The molecule has 0 rings (SSSR count). The van der Waals surface area contributed by atoms with Gasteiger partial charge in [-0.2, -0.15) is 0 Å². The van der Waals surface area contributed by atoms with Crippen molar-refractivity contribution in [1.29, 1.82) is 0 Å². The van der Waals surface area contributed by atoms with Gasteiger partial charge in [0.05, 0.1) is 0 Å². The maximum Gasteiger partial charge on any atom is 0.0500 e. The molecule has 62 valence electrons. The third kappa shape index (κ3) is 4.77. The maximum absolute atomic E-state index is 5.02. The zero-order valence-corrected chi connectivity index (χ0v) is 7.55. The van der Waals surface area contributed by atoms with E-state index >= 15 is 0 Å². The molecule has 10 heavy (non-hydrogen) atoms. The van der Waals surface area contributed by atoms with Gasteiger partial charge in [-0.05, 0) is 19.5 Å². The third-order valence-corrected chi connectivity index (χ3v) is 1.61. The highest BCUT2D eigenvalue weighted by molar-refractivity contribution is 4.55. The molecule has 0 radical (unpaired) electrons. The van der Waals surface area contributed by atoms with Gasteiger partial charge < -0.3 is 9.64 Å². The zero-order chi connectivity index (χ0) is 7.98. The van der Waals surface area contributed by atoms with Crippen LogP contribution in [-0.4, -0.2) is 38.8 Å². The Bertz CT molecular complexity index is 75.7. The lowest BCUT2D eigenvalue weighted by Gasteiger charge is -2.18. The molecular formula is C8H19NO. The lowest BCUT2D eigenvalue weighted by Crippen LogP contribution is -2.26. The van der Waals surface area contributed by atoms with Crippen molar-refractivity contribution in [3.8, 4) is 0 Å². The van der Waals surface area contributed by atoms with Gasteiger partial charge in [-0.1, -0.05) is 13.8 Å². The van der Waals surface area contributed by atoms with Gasteiger partial charge in [-0.25, -0.2) is 0 Å². The Labute approximate surface area is 64.2 Å². The van der Waals surface area contributed by atoms with Crippen molar-refractivity contribution in [3.63, 3.8) is 0 Å². The van der Waals surface area contributed by atoms with Crippen molar-refractivity contribution in [2.45, 2.75) is 13.8 Å². The van der Waals surface area contributed by atoms with E-state index in [1.807, 2.05) is 0 Å². The minimum absolute atomic E-state index is 0.648. The lowest BCUT2D eigenvalue weighted by molar-refractivity contribution is 0.139. The van der Waals surface area contributed by atoms with E-state index in [1.54, 1.807) is 7.11 Å². The molecule has 1 unspecified atom stereocenters. The molecule has 0 aromatic carbocycles. The van der Waals surface area contributed by atoms with E-state index in [2.05, 4.69) is 25.8 Å². The summed E-state index contributed by atoms with van der Waals surface area (Å²) in [6, 6.07) is 0. The Hall–Kier alpha value is -0.0800. The number of ether oxygens (including phenoxy) is 1. The van der Waals surface area contributed by atoms with Crippen LogP contribution in [0.15, 0.2) is 0 Å². The summed E-state index contributed by atoms with van der Waals surface area (Å²) >= 11 is 0. The van der Waals surface area contributed by atoms with Crippen LogP contribution in [0.3, 0.4) is 0 Å². The van der Waals surface area contributed by atoms with Crippen LogP contribution in [0.5, 0.6) is 0 Å². The quantitative estimate of drug-likeness (QED) is 0.577. The molecule has 0 spiro atoms. The fraction of sp³-hybridized carbons (Fsp3) is 1.00. The molecule has 2 nitrogen and oxygen atoms in total. The average molecular weight is 145 g/mol. The van der Waals surface area contributed by atoms with Gasteiger partial charge in [-0.15, -0.1) is 0 Å². The predicted molar refractivity (Wildman–Crippen MR) is 44.2 cm³/mol. The first-order valence-corrected chi connectivity index (χ1v) is 3.88. The van der Waals surface area contributed by atoms with E-state index < -0.39 is 0 Å². The first-order chi connectivity index (χ1) is 4.70. The topological polar surface area (TPSA) is 12.5 Å². The molecule has 0 aliphatic rings. The minimum Gasteiger partial charge on any atom is -0.384 e. The van der Waals surface area contributed by atoms with Gasteiger partial charge >= 0.3 is 0 Å². The SMILES string of the molecule is CCN(C)CC(C)COC.